The van der Waals surface area contributed by atoms with Gasteiger partial charge in [-0.05, 0) is 36.4 Å². The number of nitrogens with zero attached hydrogens (tertiary/aromatic N) is 2. The van der Waals surface area contributed by atoms with Gasteiger partial charge in [-0.15, -0.1) is 11.3 Å². The third-order valence-corrected chi connectivity index (χ3v) is 5.22. The van der Waals surface area contributed by atoms with E-state index in [1.807, 2.05) is 35.2 Å². The molecule has 1 amide bonds. The van der Waals surface area contributed by atoms with Crippen molar-refractivity contribution in [3.63, 3.8) is 0 Å². The van der Waals surface area contributed by atoms with Crippen molar-refractivity contribution in [2.75, 3.05) is 6.54 Å². The molecular formula is C18H16N2OS. The third-order valence-electron chi connectivity index (χ3n) is 4.25. The van der Waals surface area contributed by atoms with Gasteiger partial charge in [0.1, 0.15) is 0 Å². The molecule has 1 atom stereocenters. The molecule has 2 aromatic heterocycles. The topological polar surface area (TPSA) is 33.2 Å². The van der Waals surface area contributed by atoms with Crippen LogP contribution in [0.25, 0.3) is 10.9 Å². The highest BCUT2D eigenvalue weighted by molar-refractivity contribution is 7.10. The number of para-hydroxylation sites is 1. The summed E-state index contributed by atoms with van der Waals surface area (Å²) in [4.78, 5) is 20.8. The zero-order chi connectivity index (χ0) is 14.9. The van der Waals surface area contributed by atoms with Crippen molar-refractivity contribution in [2.24, 2.45) is 0 Å². The fourth-order valence-electron chi connectivity index (χ4n) is 3.22. The number of aromatic nitrogens is 1. The predicted molar refractivity (Wildman–Crippen MR) is 89.1 cm³/mol. The Hall–Kier alpha value is -2.20. The van der Waals surface area contributed by atoms with Gasteiger partial charge in [-0.25, -0.2) is 0 Å². The number of rotatable bonds is 2. The number of carbonyl (C=O) groups is 1. The van der Waals surface area contributed by atoms with Crippen molar-refractivity contribution in [3.8, 4) is 0 Å². The first-order chi connectivity index (χ1) is 10.8. The van der Waals surface area contributed by atoms with Crippen LogP contribution in [0.3, 0.4) is 0 Å². The predicted octanol–water partition coefficient (Wildman–Crippen LogP) is 4.27. The molecule has 0 saturated carbocycles. The summed E-state index contributed by atoms with van der Waals surface area (Å²) in [6, 6.07) is 14.1. The van der Waals surface area contributed by atoms with Crippen LogP contribution >= 0.6 is 11.3 Å². The number of likely N-dealkylation sites (tertiary alicyclic amines) is 1. The van der Waals surface area contributed by atoms with Gasteiger partial charge in [-0.3, -0.25) is 9.78 Å². The Morgan fingerprint density at radius 1 is 1.18 bits per heavy atom. The van der Waals surface area contributed by atoms with Gasteiger partial charge in [-0.2, -0.15) is 0 Å². The average Bonchev–Trinajstić information content (AvgIpc) is 3.24. The Kier molecular flexibility index (Phi) is 3.39. The van der Waals surface area contributed by atoms with Crippen LogP contribution in [0.5, 0.6) is 0 Å². The van der Waals surface area contributed by atoms with Crippen molar-refractivity contribution in [3.05, 3.63) is 64.5 Å². The molecule has 1 fully saturated rings. The van der Waals surface area contributed by atoms with Crippen molar-refractivity contribution in [2.45, 2.75) is 18.9 Å². The standard InChI is InChI=1S/C18H16N2OS/c21-18(14-7-1-5-13-6-2-10-19-17(13)14)20-11-3-8-15(20)16-9-4-12-22-16/h1-2,4-7,9-10,12,15H,3,8,11H2/t15-/m0/s1. The summed E-state index contributed by atoms with van der Waals surface area (Å²) in [5.41, 5.74) is 1.51. The normalized spacial score (nSPS) is 18.0. The van der Waals surface area contributed by atoms with Crippen LogP contribution in [-0.4, -0.2) is 22.3 Å². The van der Waals surface area contributed by atoms with Crippen molar-refractivity contribution >= 4 is 28.1 Å². The summed E-state index contributed by atoms with van der Waals surface area (Å²) >= 11 is 1.73. The van der Waals surface area contributed by atoms with Crippen molar-refractivity contribution in [1.29, 1.82) is 0 Å². The van der Waals surface area contributed by atoms with E-state index in [4.69, 9.17) is 0 Å². The summed E-state index contributed by atoms with van der Waals surface area (Å²) in [6.45, 7) is 0.824. The van der Waals surface area contributed by atoms with Crippen LogP contribution in [0.15, 0.2) is 54.0 Å². The number of benzene rings is 1. The zero-order valence-corrected chi connectivity index (χ0v) is 12.9. The van der Waals surface area contributed by atoms with Crippen LogP contribution < -0.4 is 0 Å². The van der Waals surface area contributed by atoms with Crippen LogP contribution in [0.1, 0.15) is 34.1 Å². The summed E-state index contributed by atoms with van der Waals surface area (Å²) in [7, 11) is 0. The first kappa shape index (κ1) is 13.5. The van der Waals surface area contributed by atoms with E-state index in [1.54, 1.807) is 17.5 Å². The molecule has 1 aliphatic rings. The maximum atomic E-state index is 13.1. The second-order valence-electron chi connectivity index (χ2n) is 5.55. The minimum Gasteiger partial charge on any atom is -0.331 e. The Morgan fingerprint density at radius 2 is 2.09 bits per heavy atom. The quantitative estimate of drug-likeness (QED) is 0.708. The van der Waals surface area contributed by atoms with Crippen LogP contribution in [0, 0.1) is 0 Å². The number of pyridine rings is 1. The van der Waals surface area contributed by atoms with E-state index >= 15 is 0 Å². The maximum absolute atomic E-state index is 13.1. The molecule has 0 spiro atoms. The van der Waals surface area contributed by atoms with Crippen LogP contribution in [0.4, 0.5) is 0 Å². The first-order valence-electron chi connectivity index (χ1n) is 7.53. The van der Waals surface area contributed by atoms with E-state index in [0.29, 0.717) is 5.56 Å². The highest BCUT2D eigenvalue weighted by Crippen LogP contribution is 2.36. The molecule has 4 heteroatoms. The number of hydrogen-bond donors (Lipinski definition) is 0. The summed E-state index contributed by atoms with van der Waals surface area (Å²) in [6.07, 6.45) is 3.86. The lowest BCUT2D eigenvalue weighted by molar-refractivity contribution is 0.0739. The zero-order valence-electron chi connectivity index (χ0n) is 12.1. The van der Waals surface area contributed by atoms with E-state index < -0.39 is 0 Å². The van der Waals surface area contributed by atoms with Gasteiger partial charge < -0.3 is 4.90 Å². The molecular weight excluding hydrogens is 292 g/mol. The second kappa shape index (κ2) is 5.54. The second-order valence-corrected chi connectivity index (χ2v) is 6.53. The van der Waals surface area contributed by atoms with E-state index in [0.717, 1.165) is 30.3 Å². The van der Waals surface area contributed by atoms with E-state index in [1.165, 1.54) is 4.88 Å². The highest BCUT2D eigenvalue weighted by atomic mass is 32.1. The van der Waals surface area contributed by atoms with Crippen molar-refractivity contribution in [1.82, 2.24) is 9.88 Å². The lowest BCUT2D eigenvalue weighted by Crippen LogP contribution is -2.30. The van der Waals surface area contributed by atoms with Gasteiger partial charge in [0, 0.05) is 23.0 Å². The molecule has 1 aliphatic heterocycles. The monoisotopic (exact) mass is 308 g/mol. The van der Waals surface area contributed by atoms with Gasteiger partial charge in [-0.1, -0.05) is 24.3 Å². The van der Waals surface area contributed by atoms with Gasteiger partial charge in [0.05, 0.1) is 17.1 Å². The van der Waals surface area contributed by atoms with E-state index in [-0.39, 0.29) is 11.9 Å². The van der Waals surface area contributed by atoms with Crippen LogP contribution in [-0.2, 0) is 0 Å². The largest absolute Gasteiger partial charge is 0.331 e. The van der Waals surface area contributed by atoms with Crippen LogP contribution in [0.2, 0.25) is 0 Å². The van der Waals surface area contributed by atoms with E-state index in [9.17, 15) is 4.79 Å². The molecule has 110 valence electrons. The Bertz CT molecular complexity index is 808. The molecule has 0 unspecified atom stereocenters. The first-order valence-corrected chi connectivity index (χ1v) is 8.41. The third kappa shape index (κ3) is 2.20. The lowest BCUT2D eigenvalue weighted by Gasteiger charge is -2.24. The van der Waals surface area contributed by atoms with Gasteiger partial charge >= 0.3 is 0 Å². The highest BCUT2D eigenvalue weighted by Gasteiger charge is 2.31. The minimum absolute atomic E-state index is 0.0974. The number of thiophene rings is 1. The molecule has 1 aromatic carbocycles. The minimum atomic E-state index is 0.0974. The SMILES string of the molecule is O=C(c1cccc2cccnc12)N1CCC[C@H]1c1cccs1. The average molecular weight is 308 g/mol. The number of hydrogen-bond acceptors (Lipinski definition) is 3. The molecule has 22 heavy (non-hydrogen) atoms. The Balaban J connectivity index is 1.74. The molecule has 0 radical (unpaired) electrons. The Labute approximate surface area is 133 Å². The lowest BCUT2D eigenvalue weighted by atomic mass is 10.1. The van der Waals surface area contributed by atoms with Gasteiger partial charge in [0.2, 0.25) is 0 Å². The molecule has 0 N–H and O–H groups in total. The number of fused-ring (bicyclic) bond motifs is 1. The fourth-order valence-corrected chi connectivity index (χ4v) is 4.09. The Morgan fingerprint density at radius 3 is 2.95 bits per heavy atom. The number of amides is 1. The molecule has 3 aromatic rings. The van der Waals surface area contributed by atoms with Gasteiger partial charge in [0.25, 0.3) is 5.91 Å². The molecule has 4 rings (SSSR count). The smallest absolute Gasteiger partial charge is 0.256 e. The molecule has 3 nitrogen and oxygen atoms in total. The summed E-state index contributed by atoms with van der Waals surface area (Å²) in [5, 5.41) is 3.09. The molecule has 3 heterocycles. The number of carbonyl (C=O) groups excluding carboxylic acids is 1. The maximum Gasteiger partial charge on any atom is 0.256 e. The summed E-state index contributed by atoms with van der Waals surface area (Å²) in [5.74, 6) is 0.0974. The summed E-state index contributed by atoms with van der Waals surface area (Å²) < 4.78 is 0. The molecule has 0 bridgehead atoms. The molecule has 0 aliphatic carbocycles. The van der Waals surface area contributed by atoms with Crippen molar-refractivity contribution < 1.29 is 4.79 Å². The van der Waals surface area contributed by atoms with Gasteiger partial charge in [0.15, 0.2) is 0 Å². The van der Waals surface area contributed by atoms with E-state index in [2.05, 4.69) is 22.5 Å². The molecule has 1 saturated heterocycles. The fraction of sp³-hybridized carbons (Fsp3) is 0.222.